The number of anilines is 2. The summed E-state index contributed by atoms with van der Waals surface area (Å²) in [5.41, 5.74) is -0.174. The minimum Gasteiger partial charge on any atom is -0.351 e. The van der Waals surface area contributed by atoms with Crippen LogP contribution in [0.4, 0.5) is 20.3 Å². The molecule has 0 aliphatic rings. The highest BCUT2D eigenvalue weighted by atomic mass is 19.1. The van der Waals surface area contributed by atoms with Gasteiger partial charge in [-0.15, -0.1) is 10.2 Å². The second-order valence-electron chi connectivity index (χ2n) is 5.44. The second kappa shape index (κ2) is 8.30. The summed E-state index contributed by atoms with van der Waals surface area (Å²) in [4.78, 5) is 13.9. The first-order chi connectivity index (χ1) is 11.5. The number of benzene rings is 1. The van der Waals surface area contributed by atoms with Gasteiger partial charge in [-0.3, -0.25) is 4.79 Å². The van der Waals surface area contributed by atoms with Crippen molar-refractivity contribution in [3.05, 3.63) is 47.7 Å². The Morgan fingerprint density at radius 1 is 1.12 bits per heavy atom. The van der Waals surface area contributed by atoms with Crippen molar-refractivity contribution in [3.8, 4) is 0 Å². The summed E-state index contributed by atoms with van der Waals surface area (Å²) >= 11 is 0. The molecule has 2 N–H and O–H groups in total. The number of nitrogens with zero attached hydrogens (tertiary/aromatic N) is 3. The lowest BCUT2D eigenvalue weighted by Crippen LogP contribution is -2.28. The molecule has 128 valence electrons. The Hall–Kier alpha value is -2.61. The van der Waals surface area contributed by atoms with Crippen LogP contribution in [-0.2, 0) is 0 Å². The molecule has 0 spiro atoms. The fourth-order valence-electron chi connectivity index (χ4n) is 1.95. The summed E-state index contributed by atoms with van der Waals surface area (Å²) in [5, 5.41) is 12.8. The van der Waals surface area contributed by atoms with Gasteiger partial charge in [-0.25, -0.2) is 8.78 Å². The smallest absolute Gasteiger partial charge is 0.271 e. The highest BCUT2D eigenvalue weighted by Gasteiger charge is 2.11. The third-order valence-electron chi connectivity index (χ3n) is 3.18. The topological polar surface area (TPSA) is 70.2 Å². The first-order valence-electron chi connectivity index (χ1n) is 7.45. The predicted octanol–water partition coefficient (Wildman–Crippen LogP) is 2.18. The molecule has 1 amide bonds. The number of aromatic nitrogens is 2. The van der Waals surface area contributed by atoms with E-state index < -0.39 is 11.6 Å². The third kappa shape index (κ3) is 4.95. The van der Waals surface area contributed by atoms with E-state index in [4.69, 9.17) is 0 Å². The van der Waals surface area contributed by atoms with Crippen molar-refractivity contribution in [2.75, 3.05) is 32.5 Å². The summed E-state index contributed by atoms with van der Waals surface area (Å²) in [7, 11) is 3.91. The van der Waals surface area contributed by atoms with Gasteiger partial charge in [-0.1, -0.05) is 6.07 Å². The van der Waals surface area contributed by atoms with Crippen molar-refractivity contribution in [1.82, 2.24) is 20.4 Å². The van der Waals surface area contributed by atoms with Crippen LogP contribution in [0.1, 0.15) is 16.9 Å². The minimum absolute atomic E-state index is 0.138. The van der Waals surface area contributed by atoms with E-state index in [0.29, 0.717) is 6.54 Å². The van der Waals surface area contributed by atoms with Gasteiger partial charge in [0.2, 0.25) is 0 Å². The summed E-state index contributed by atoms with van der Waals surface area (Å²) in [6.07, 6.45) is 0.818. The van der Waals surface area contributed by atoms with E-state index in [-0.39, 0.29) is 23.1 Å². The van der Waals surface area contributed by atoms with Crippen LogP contribution >= 0.6 is 0 Å². The van der Waals surface area contributed by atoms with Gasteiger partial charge >= 0.3 is 0 Å². The van der Waals surface area contributed by atoms with E-state index in [1.54, 1.807) is 0 Å². The molecule has 0 aliphatic heterocycles. The Bertz CT molecular complexity index is 671. The van der Waals surface area contributed by atoms with Gasteiger partial charge in [-0.05, 0) is 51.3 Å². The Balaban J connectivity index is 1.94. The molecule has 0 fully saturated rings. The summed E-state index contributed by atoms with van der Waals surface area (Å²) in [6.45, 7) is 1.39. The first kappa shape index (κ1) is 17.7. The second-order valence-corrected chi connectivity index (χ2v) is 5.44. The Labute approximate surface area is 138 Å². The lowest BCUT2D eigenvalue weighted by atomic mass is 10.3. The molecule has 0 radical (unpaired) electrons. The quantitative estimate of drug-likeness (QED) is 0.759. The number of carbonyl (C=O) groups is 1. The molecule has 6 nitrogen and oxygen atoms in total. The summed E-state index contributed by atoms with van der Waals surface area (Å²) in [6, 6.07) is 6.41. The molecule has 0 saturated carbocycles. The van der Waals surface area contributed by atoms with Gasteiger partial charge in [0.1, 0.15) is 17.3 Å². The number of carbonyl (C=O) groups excluding carboxylic acids is 1. The van der Waals surface area contributed by atoms with Crippen molar-refractivity contribution in [2.45, 2.75) is 6.42 Å². The van der Waals surface area contributed by atoms with Crippen LogP contribution in [0.2, 0.25) is 0 Å². The predicted molar refractivity (Wildman–Crippen MR) is 87.2 cm³/mol. The normalized spacial score (nSPS) is 10.7. The molecule has 2 rings (SSSR count). The molecule has 0 atom stereocenters. The van der Waals surface area contributed by atoms with Gasteiger partial charge in [-0.2, -0.15) is 0 Å². The molecule has 0 unspecified atom stereocenters. The molecule has 0 saturated heterocycles. The van der Waals surface area contributed by atoms with E-state index in [1.165, 1.54) is 18.2 Å². The van der Waals surface area contributed by atoms with Crippen LogP contribution in [-0.4, -0.2) is 48.2 Å². The third-order valence-corrected chi connectivity index (χ3v) is 3.18. The van der Waals surface area contributed by atoms with E-state index in [0.717, 1.165) is 25.1 Å². The fraction of sp³-hybridized carbons (Fsp3) is 0.312. The largest absolute Gasteiger partial charge is 0.351 e. The van der Waals surface area contributed by atoms with Crippen LogP contribution < -0.4 is 10.6 Å². The molecule has 24 heavy (non-hydrogen) atoms. The minimum atomic E-state index is -0.737. The zero-order valence-electron chi connectivity index (χ0n) is 13.5. The van der Waals surface area contributed by atoms with Gasteiger partial charge in [0.05, 0.1) is 0 Å². The number of rotatable bonds is 7. The first-order valence-corrected chi connectivity index (χ1v) is 7.45. The van der Waals surface area contributed by atoms with E-state index in [9.17, 15) is 13.6 Å². The lowest BCUT2D eigenvalue weighted by Gasteiger charge is -2.10. The van der Waals surface area contributed by atoms with Gasteiger partial charge in [0.25, 0.3) is 5.91 Å². The highest BCUT2D eigenvalue weighted by molar-refractivity contribution is 5.92. The van der Waals surface area contributed by atoms with Crippen LogP contribution in [0.5, 0.6) is 0 Å². The molecule has 8 heteroatoms. The fourth-order valence-corrected chi connectivity index (χ4v) is 1.95. The van der Waals surface area contributed by atoms with Gasteiger partial charge < -0.3 is 15.5 Å². The molecule has 0 bridgehead atoms. The van der Waals surface area contributed by atoms with E-state index in [1.807, 2.05) is 19.0 Å². The SMILES string of the molecule is CN(C)CCCNC(=O)c1ccc(Nc2c(F)cccc2F)nn1. The van der Waals surface area contributed by atoms with Crippen LogP contribution in [0.15, 0.2) is 30.3 Å². The number of amides is 1. The average molecular weight is 335 g/mol. The molecule has 0 aliphatic carbocycles. The molecule has 2 aromatic rings. The molecule has 1 aromatic carbocycles. The van der Waals surface area contributed by atoms with Crippen molar-refractivity contribution in [2.24, 2.45) is 0 Å². The maximum absolute atomic E-state index is 13.6. The standard InChI is InChI=1S/C16H19F2N5O/c1-23(2)10-4-9-19-16(24)13-7-8-14(22-21-13)20-15-11(17)5-3-6-12(15)18/h3,5-8H,4,9-10H2,1-2H3,(H,19,24)(H,20,22). The van der Waals surface area contributed by atoms with Crippen molar-refractivity contribution < 1.29 is 13.6 Å². The number of hydrogen-bond acceptors (Lipinski definition) is 5. The van der Waals surface area contributed by atoms with E-state index in [2.05, 4.69) is 20.8 Å². The Morgan fingerprint density at radius 3 is 2.42 bits per heavy atom. The average Bonchev–Trinajstić information content (AvgIpc) is 2.55. The van der Waals surface area contributed by atoms with E-state index >= 15 is 0 Å². The molecular formula is C16H19F2N5O. The van der Waals surface area contributed by atoms with Crippen LogP contribution in [0.25, 0.3) is 0 Å². The number of hydrogen-bond donors (Lipinski definition) is 2. The molecule has 1 aromatic heterocycles. The molecule has 1 heterocycles. The van der Waals surface area contributed by atoms with Gasteiger partial charge in [0, 0.05) is 6.54 Å². The highest BCUT2D eigenvalue weighted by Crippen LogP contribution is 2.21. The zero-order valence-corrected chi connectivity index (χ0v) is 13.5. The lowest BCUT2D eigenvalue weighted by molar-refractivity contribution is 0.0946. The van der Waals surface area contributed by atoms with Crippen molar-refractivity contribution in [3.63, 3.8) is 0 Å². The zero-order chi connectivity index (χ0) is 17.5. The maximum Gasteiger partial charge on any atom is 0.271 e. The van der Waals surface area contributed by atoms with Crippen LogP contribution in [0.3, 0.4) is 0 Å². The number of nitrogens with one attached hydrogen (secondary N) is 2. The summed E-state index contributed by atoms with van der Waals surface area (Å²) < 4.78 is 27.1. The Morgan fingerprint density at radius 2 is 1.83 bits per heavy atom. The number of halogens is 2. The van der Waals surface area contributed by atoms with Crippen LogP contribution in [0, 0.1) is 11.6 Å². The summed E-state index contributed by atoms with van der Waals surface area (Å²) in [5.74, 6) is -1.67. The number of para-hydroxylation sites is 1. The van der Waals surface area contributed by atoms with Crippen molar-refractivity contribution in [1.29, 1.82) is 0 Å². The maximum atomic E-state index is 13.6. The molecular weight excluding hydrogens is 316 g/mol. The Kier molecular flexibility index (Phi) is 6.14. The van der Waals surface area contributed by atoms with Gasteiger partial charge in [0.15, 0.2) is 11.5 Å². The van der Waals surface area contributed by atoms with Crippen molar-refractivity contribution >= 4 is 17.4 Å². The monoisotopic (exact) mass is 335 g/mol.